The Labute approximate surface area is 192 Å². The van der Waals surface area contributed by atoms with Gasteiger partial charge in [0.1, 0.15) is 11.9 Å². The number of anilines is 1. The lowest BCUT2D eigenvalue weighted by molar-refractivity contribution is -0.127. The van der Waals surface area contributed by atoms with Crippen molar-refractivity contribution in [2.75, 3.05) is 11.9 Å². The van der Waals surface area contributed by atoms with Gasteiger partial charge in [0.25, 0.3) is 0 Å². The Hall–Kier alpha value is -3.24. The number of nitrogens with zero attached hydrogens (tertiary/aromatic N) is 2. The van der Waals surface area contributed by atoms with Gasteiger partial charge in [0.15, 0.2) is 0 Å². The summed E-state index contributed by atoms with van der Waals surface area (Å²) in [5.74, 6) is -0.219. The molecule has 2 bridgehead atoms. The van der Waals surface area contributed by atoms with Crippen molar-refractivity contribution in [2.24, 2.45) is 5.92 Å². The van der Waals surface area contributed by atoms with Gasteiger partial charge in [-0.3, -0.25) is 9.59 Å². The van der Waals surface area contributed by atoms with Gasteiger partial charge in [-0.25, -0.2) is 4.39 Å². The van der Waals surface area contributed by atoms with E-state index in [0.29, 0.717) is 29.5 Å². The first-order chi connectivity index (χ1) is 15.9. The Morgan fingerprint density at radius 1 is 1.21 bits per heavy atom. The number of hydrogen-bond donors (Lipinski definition) is 2. The molecular formula is C26H27FN4O2. The van der Waals surface area contributed by atoms with Crippen LogP contribution < -0.4 is 15.5 Å². The van der Waals surface area contributed by atoms with Crippen LogP contribution in [0.15, 0.2) is 36.4 Å². The van der Waals surface area contributed by atoms with Gasteiger partial charge in [0, 0.05) is 25.2 Å². The molecule has 33 heavy (non-hydrogen) atoms. The highest BCUT2D eigenvalue weighted by Gasteiger charge is 2.39. The largest absolute Gasteiger partial charge is 0.339 e. The van der Waals surface area contributed by atoms with Crippen molar-refractivity contribution in [1.82, 2.24) is 10.6 Å². The van der Waals surface area contributed by atoms with Crippen molar-refractivity contribution >= 4 is 17.5 Å². The zero-order chi connectivity index (χ0) is 23.1. The summed E-state index contributed by atoms with van der Waals surface area (Å²) in [4.78, 5) is 26.3. The van der Waals surface area contributed by atoms with Gasteiger partial charge in [-0.2, -0.15) is 5.26 Å². The van der Waals surface area contributed by atoms with Crippen LogP contribution in [0.3, 0.4) is 0 Å². The number of benzene rings is 2. The van der Waals surface area contributed by atoms with Crippen LogP contribution in [0.5, 0.6) is 0 Å². The molecule has 2 aromatic carbocycles. The summed E-state index contributed by atoms with van der Waals surface area (Å²) >= 11 is 0. The molecule has 6 nitrogen and oxygen atoms in total. The molecule has 0 spiro atoms. The van der Waals surface area contributed by atoms with Crippen LogP contribution in [0.2, 0.25) is 0 Å². The number of nitriles is 1. The van der Waals surface area contributed by atoms with E-state index in [9.17, 15) is 19.2 Å². The summed E-state index contributed by atoms with van der Waals surface area (Å²) in [6.07, 6.45) is 4.77. The first-order valence-corrected chi connectivity index (χ1v) is 11.6. The summed E-state index contributed by atoms with van der Waals surface area (Å²) in [5, 5.41) is 15.8. The fourth-order valence-corrected chi connectivity index (χ4v) is 5.42. The number of nitrogens with one attached hydrogen (secondary N) is 2. The van der Waals surface area contributed by atoms with Gasteiger partial charge in [-0.05, 0) is 66.0 Å². The van der Waals surface area contributed by atoms with E-state index in [2.05, 4.69) is 16.7 Å². The third-order valence-corrected chi connectivity index (χ3v) is 7.39. The molecule has 3 heterocycles. The molecule has 6 rings (SSSR count). The molecule has 1 saturated carbocycles. The van der Waals surface area contributed by atoms with E-state index in [-0.39, 0.29) is 24.3 Å². The van der Waals surface area contributed by atoms with Crippen molar-refractivity contribution < 1.29 is 14.0 Å². The molecule has 2 amide bonds. The normalized spacial score (nSPS) is 24.3. The van der Waals surface area contributed by atoms with E-state index < -0.39 is 11.9 Å². The minimum atomic E-state index is -0.792. The topological polar surface area (TPSA) is 85.2 Å². The Kier molecular flexibility index (Phi) is 5.63. The molecule has 170 valence electrons. The Morgan fingerprint density at radius 3 is 2.61 bits per heavy atom. The number of carbonyl (C=O) groups is 2. The number of carbonyl (C=O) groups excluding carboxylic acids is 2. The molecule has 2 saturated heterocycles. The first kappa shape index (κ1) is 21.6. The molecule has 2 aromatic rings. The fraction of sp³-hybridized carbons (Fsp3) is 0.423. The highest BCUT2D eigenvalue weighted by Crippen LogP contribution is 2.34. The zero-order valence-corrected chi connectivity index (χ0v) is 18.6. The lowest BCUT2D eigenvalue weighted by Gasteiger charge is -2.42. The van der Waals surface area contributed by atoms with Crippen LogP contribution in [0, 0.1) is 23.1 Å². The summed E-state index contributed by atoms with van der Waals surface area (Å²) in [7, 11) is 1.74. The molecule has 0 radical (unpaired) electrons. The maximum Gasteiger partial charge on any atom is 0.238 e. The number of amides is 2. The number of halogens is 1. The van der Waals surface area contributed by atoms with Crippen molar-refractivity contribution in [1.29, 1.82) is 5.26 Å². The molecule has 4 aliphatic rings. The van der Waals surface area contributed by atoms with Gasteiger partial charge in [-0.1, -0.05) is 24.3 Å². The Morgan fingerprint density at radius 2 is 1.94 bits per heavy atom. The van der Waals surface area contributed by atoms with Crippen LogP contribution >= 0.6 is 0 Å². The average Bonchev–Trinajstić information content (AvgIpc) is 3.13. The van der Waals surface area contributed by atoms with Gasteiger partial charge in [-0.15, -0.1) is 0 Å². The minimum absolute atomic E-state index is 0.0459. The van der Waals surface area contributed by atoms with E-state index in [1.807, 2.05) is 24.3 Å². The smallest absolute Gasteiger partial charge is 0.238 e. The number of rotatable bonds is 5. The van der Waals surface area contributed by atoms with Gasteiger partial charge < -0.3 is 15.5 Å². The molecular weight excluding hydrogens is 419 g/mol. The third-order valence-electron chi connectivity index (χ3n) is 7.39. The van der Waals surface area contributed by atoms with Crippen molar-refractivity contribution in [3.8, 4) is 17.2 Å². The second-order valence-electron chi connectivity index (χ2n) is 9.43. The minimum Gasteiger partial charge on any atom is -0.339 e. The summed E-state index contributed by atoms with van der Waals surface area (Å²) in [6.45, 7) is 0. The molecule has 0 aromatic heterocycles. The Bertz CT molecular complexity index is 1150. The van der Waals surface area contributed by atoms with Gasteiger partial charge >= 0.3 is 0 Å². The van der Waals surface area contributed by atoms with Crippen LogP contribution in [0.4, 0.5) is 10.1 Å². The lowest BCUT2D eigenvalue weighted by Crippen LogP contribution is -2.59. The maximum absolute atomic E-state index is 15.0. The van der Waals surface area contributed by atoms with Crippen LogP contribution in [0.1, 0.15) is 36.8 Å². The molecule has 3 fully saturated rings. The van der Waals surface area contributed by atoms with Crippen LogP contribution in [-0.2, 0) is 22.4 Å². The van der Waals surface area contributed by atoms with Gasteiger partial charge in [0.2, 0.25) is 11.8 Å². The predicted octanol–water partition coefficient (Wildman–Crippen LogP) is 3.09. The molecule has 1 aliphatic carbocycles. The predicted molar refractivity (Wildman–Crippen MR) is 123 cm³/mol. The van der Waals surface area contributed by atoms with Crippen molar-refractivity contribution in [2.45, 2.75) is 56.7 Å². The van der Waals surface area contributed by atoms with E-state index in [0.717, 1.165) is 42.5 Å². The molecule has 2 N–H and O–H groups in total. The third kappa shape index (κ3) is 4.11. The molecule has 2 atom stereocenters. The standard InChI is InChI=1S/C26H27FN4O2/c1-31-23-12-17(3-5-19(23)13-24(31)32)16-2-4-18(22(27)11-16)10-21(14-28)30-26(33)25-15-6-8-20(29-25)9-7-15/h2-5,11-12,15,20-21,25,29H,6-10,13H2,1H3,(H,30,33)/t15?,20?,21-,25-/m0/s1. The highest BCUT2D eigenvalue weighted by molar-refractivity contribution is 6.01. The Balaban J connectivity index is 1.28. The van der Waals surface area contributed by atoms with E-state index >= 15 is 0 Å². The number of fused-ring (bicyclic) bond motifs is 4. The zero-order valence-electron chi connectivity index (χ0n) is 18.6. The highest BCUT2D eigenvalue weighted by atomic mass is 19.1. The summed E-state index contributed by atoms with van der Waals surface area (Å²) < 4.78 is 15.0. The lowest BCUT2D eigenvalue weighted by atomic mass is 9.76. The fourth-order valence-electron chi connectivity index (χ4n) is 5.42. The molecule has 0 unspecified atom stereocenters. The van der Waals surface area contributed by atoms with Crippen molar-refractivity contribution in [3.05, 3.63) is 53.3 Å². The van der Waals surface area contributed by atoms with Gasteiger partial charge in [0.05, 0.1) is 18.5 Å². The van der Waals surface area contributed by atoms with Crippen LogP contribution in [-0.4, -0.2) is 37.0 Å². The average molecular weight is 447 g/mol. The SMILES string of the molecule is CN1C(=O)Cc2ccc(-c3ccc(C[C@@H](C#N)NC(=O)[C@H]4NC5CCC4CC5)c(F)c3)cc21. The second kappa shape index (κ2) is 8.60. The molecule has 3 aliphatic heterocycles. The van der Waals surface area contributed by atoms with E-state index in [1.54, 1.807) is 18.0 Å². The van der Waals surface area contributed by atoms with Crippen molar-refractivity contribution in [3.63, 3.8) is 0 Å². The van der Waals surface area contributed by atoms with E-state index in [4.69, 9.17) is 0 Å². The number of piperidine rings is 2. The molecule has 7 heteroatoms. The second-order valence-corrected chi connectivity index (χ2v) is 9.43. The maximum atomic E-state index is 15.0. The monoisotopic (exact) mass is 446 g/mol. The summed E-state index contributed by atoms with van der Waals surface area (Å²) in [5.41, 5.74) is 3.73. The number of hydrogen-bond acceptors (Lipinski definition) is 4. The quantitative estimate of drug-likeness (QED) is 0.739. The number of likely N-dealkylation sites (N-methyl/N-ethyl adjacent to an activating group) is 1. The van der Waals surface area contributed by atoms with E-state index in [1.165, 1.54) is 6.07 Å². The first-order valence-electron chi connectivity index (χ1n) is 11.6. The van der Waals surface area contributed by atoms with Crippen LogP contribution in [0.25, 0.3) is 11.1 Å². The summed E-state index contributed by atoms with van der Waals surface area (Å²) in [6, 6.07) is 12.1.